The molecule has 1 saturated heterocycles. The van der Waals surface area contributed by atoms with Gasteiger partial charge in [-0.15, -0.1) is 0 Å². The molecule has 3 aromatic rings. The van der Waals surface area contributed by atoms with Gasteiger partial charge in [-0.05, 0) is 38.3 Å². The van der Waals surface area contributed by atoms with Gasteiger partial charge in [0.2, 0.25) is 5.89 Å². The molecule has 29 heavy (non-hydrogen) atoms. The number of carbonyl (C=O) groups excluding carboxylic acids is 2. The Morgan fingerprint density at radius 2 is 2.14 bits per heavy atom. The average molecular weight is 396 g/mol. The van der Waals surface area contributed by atoms with Gasteiger partial charge in [0.15, 0.2) is 5.69 Å². The first kappa shape index (κ1) is 19.2. The molecule has 3 heterocycles. The lowest BCUT2D eigenvalue weighted by Crippen LogP contribution is -2.45. The number of carbonyl (C=O) groups is 2. The van der Waals surface area contributed by atoms with Crippen molar-refractivity contribution in [2.75, 3.05) is 13.2 Å². The quantitative estimate of drug-likeness (QED) is 0.595. The van der Waals surface area contributed by atoms with Crippen LogP contribution in [-0.4, -0.2) is 50.5 Å². The minimum Gasteiger partial charge on any atom is -0.466 e. The number of rotatable bonds is 6. The molecule has 1 atom stereocenters. The Balaban J connectivity index is 1.47. The maximum Gasteiger partial charge on any atom is 0.307 e. The smallest absolute Gasteiger partial charge is 0.307 e. The van der Waals surface area contributed by atoms with Gasteiger partial charge in [0.25, 0.3) is 5.91 Å². The van der Waals surface area contributed by atoms with Crippen molar-refractivity contribution >= 4 is 22.9 Å². The molecular weight excluding hydrogens is 372 g/mol. The summed E-state index contributed by atoms with van der Waals surface area (Å²) < 4.78 is 12.5. The van der Waals surface area contributed by atoms with E-state index in [1.807, 2.05) is 28.8 Å². The summed E-state index contributed by atoms with van der Waals surface area (Å²) in [6.45, 7) is 3.12. The third-order valence-electron chi connectivity index (χ3n) is 5.20. The average Bonchev–Trinajstić information content (AvgIpc) is 3.36. The van der Waals surface area contributed by atoms with Crippen molar-refractivity contribution in [3.8, 4) is 0 Å². The Bertz CT molecular complexity index is 1010. The molecule has 0 saturated carbocycles. The molecule has 1 aliphatic rings. The van der Waals surface area contributed by atoms with Crippen molar-refractivity contribution in [2.45, 2.75) is 45.2 Å². The number of piperidine rings is 1. The largest absolute Gasteiger partial charge is 0.466 e. The van der Waals surface area contributed by atoms with Crippen LogP contribution in [0.25, 0.3) is 11.0 Å². The van der Waals surface area contributed by atoms with Crippen molar-refractivity contribution in [3.63, 3.8) is 0 Å². The second kappa shape index (κ2) is 8.46. The molecule has 8 nitrogen and oxygen atoms in total. The van der Waals surface area contributed by atoms with Crippen LogP contribution < -0.4 is 0 Å². The number of aromatic nitrogens is 3. The fourth-order valence-electron chi connectivity index (χ4n) is 3.80. The van der Waals surface area contributed by atoms with Gasteiger partial charge in [-0.3, -0.25) is 9.59 Å². The molecule has 2 aromatic heterocycles. The summed E-state index contributed by atoms with van der Waals surface area (Å²) in [5, 5.41) is 0. The number of esters is 1. The molecule has 0 N–H and O–H groups in total. The molecule has 0 spiro atoms. The van der Waals surface area contributed by atoms with Crippen molar-refractivity contribution in [2.24, 2.45) is 0 Å². The molecule has 1 amide bonds. The number of fused-ring (bicyclic) bond motifs is 1. The predicted octanol–water partition coefficient (Wildman–Crippen LogP) is 3.02. The van der Waals surface area contributed by atoms with Gasteiger partial charge in [0.05, 0.1) is 30.4 Å². The highest BCUT2D eigenvalue weighted by Gasteiger charge is 2.31. The first-order valence-corrected chi connectivity index (χ1v) is 9.96. The van der Waals surface area contributed by atoms with Crippen LogP contribution in [0.2, 0.25) is 0 Å². The van der Waals surface area contributed by atoms with Crippen LogP contribution in [0, 0.1) is 0 Å². The van der Waals surface area contributed by atoms with Crippen LogP contribution in [0.5, 0.6) is 0 Å². The molecule has 4 rings (SSSR count). The molecular formula is C21H24N4O4. The Labute approximate surface area is 168 Å². The predicted molar refractivity (Wildman–Crippen MR) is 105 cm³/mol. The summed E-state index contributed by atoms with van der Waals surface area (Å²) in [6, 6.07) is 7.65. The lowest BCUT2D eigenvalue weighted by molar-refractivity contribution is -0.144. The Hall–Kier alpha value is -3.16. The number of ether oxygens (including phenoxy) is 1. The van der Waals surface area contributed by atoms with Crippen LogP contribution in [0.1, 0.15) is 49.0 Å². The second-order valence-corrected chi connectivity index (χ2v) is 7.14. The Morgan fingerprint density at radius 3 is 3.00 bits per heavy atom. The van der Waals surface area contributed by atoms with Gasteiger partial charge in [-0.2, -0.15) is 0 Å². The van der Waals surface area contributed by atoms with Gasteiger partial charge in [-0.25, -0.2) is 9.97 Å². The highest BCUT2D eigenvalue weighted by Crippen LogP contribution is 2.23. The van der Waals surface area contributed by atoms with E-state index < -0.39 is 0 Å². The van der Waals surface area contributed by atoms with Crippen LogP contribution in [0.15, 0.2) is 41.3 Å². The van der Waals surface area contributed by atoms with E-state index in [0.29, 0.717) is 25.6 Å². The van der Waals surface area contributed by atoms with Crippen LogP contribution in [0.3, 0.4) is 0 Å². The summed E-state index contributed by atoms with van der Waals surface area (Å²) in [4.78, 5) is 35.4. The van der Waals surface area contributed by atoms with Crippen LogP contribution in [0.4, 0.5) is 0 Å². The molecule has 152 valence electrons. The van der Waals surface area contributed by atoms with E-state index in [1.165, 1.54) is 6.26 Å². The van der Waals surface area contributed by atoms with E-state index in [1.54, 1.807) is 18.2 Å². The Kier molecular flexibility index (Phi) is 5.59. The van der Waals surface area contributed by atoms with E-state index >= 15 is 0 Å². The first-order chi connectivity index (χ1) is 14.2. The third kappa shape index (κ3) is 4.16. The van der Waals surface area contributed by atoms with Crippen molar-refractivity contribution in [1.29, 1.82) is 0 Å². The summed E-state index contributed by atoms with van der Waals surface area (Å²) in [5.74, 6) is -0.0371. The van der Waals surface area contributed by atoms with Crippen molar-refractivity contribution in [3.05, 3.63) is 48.4 Å². The van der Waals surface area contributed by atoms with E-state index in [0.717, 1.165) is 30.3 Å². The fraction of sp³-hybridized carbons (Fsp3) is 0.429. The molecule has 0 radical (unpaired) electrons. The number of imidazole rings is 1. The standard InChI is InChI=1S/C21H24N4O4/c1-2-28-20(26)11-15-7-5-6-10-25(15)21(27)17-13-29-19(23-17)12-24-14-22-16-8-3-4-9-18(16)24/h3-4,8-9,13-15H,2,5-7,10-12H2,1H3. The number of nitrogens with zero attached hydrogens (tertiary/aromatic N) is 4. The van der Waals surface area contributed by atoms with E-state index in [9.17, 15) is 9.59 Å². The molecule has 0 bridgehead atoms. The van der Waals surface area contributed by atoms with Crippen LogP contribution >= 0.6 is 0 Å². The molecule has 0 aliphatic carbocycles. The monoisotopic (exact) mass is 396 g/mol. The second-order valence-electron chi connectivity index (χ2n) is 7.14. The molecule has 1 fully saturated rings. The first-order valence-electron chi connectivity index (χ1n) is 9.96. The summed E-state index contributed by atoms with van der Waals surface area (Å²) in [6.07, 6.45) is 6.03. The number of likely N-dealkylation sites (tertiary alicyclic amines) is 1. The normalized spacial score (nSPS) is 16.9. The van der Waals surface area contributed by atoms with E-state index in [2.05, 4.69) is 9.97 Å². The lowest BCUT2D eigenvalue weighted by atomic mass is 9.99. The summed E-state index contributed by atoms with van der Waals surface area (Å²) >= 11 is 0. The molecule has 1 unspecified atom stereocenters. The SMILES string of the molecule is CCOC(=O)CC1CCCCN1C(=O)c1coc(Cn2cnc3ccccc32)n1. The highest BCUT2D eigenvalue weighted by molar-refractivity contribution is 5.92. The maximum atomic E-state index is 13.0. The molecule has 1 aliphatic heterocycles. The van der Waals surface area contributed by atoms with Gasteiger partial charge in [0, 0.05) is 12.6 Å². The number of oxazole rings is 1. The van der Waals surface area contributed by atoms with Gasteiger partial charge in [0.1, 0.15) is 12.8 Å². The number of hydrogen-bond acceptors (Lipinski definition) is 6. The van der Waals surface area contributed by atoms with Gasteiger partial charge >= 0.3 is 5.97 Å². The zero-order valence-electron chi connectivity index (χ0n) is 16.4. The van der Waals surface area contributed by atoms with Crippen molar-refractivity contribution < 1.29 is 18.7 Å². The van der Waals surface area contributed by atoms with Crippen molar-refractivity contribution in [1.82, 2.24) is 19.4 Å². The van der Waals surface area contributed by atoms with Gasteiger partial charge in [-0.1, -0.05) is 12.1 Å². The molecule has 1 aromatic carbocycles. The number of para-hydroxylation sites is 2. The fourth-order valence-corrected chi connectivity index (χ4v) is 3.80. The summed E-state index contributed by atoms with van der Waals surface area (Å²) in [5.41, 5.74) is 2.13. The van der Waals surface area contributed by atoms with E-state index in [-0.39, 0.29) is 30.0 Å². The number of benzene rings is 1. The number of amides is 1. The van der Waals surface area contributed by atoms with Gasteiger partial charge < -0.3 is 18.6 Å². The van der Waals surface area contributed by atoms with Crippen LogP contribution in [-0.2, 0) is 16.1 Å². The summed E-state index contributed by atoms with van der Waals surface area (Å²) in [7, 11) is 0. The maximum absolute atomic E-state index is 13.0. The zero-order chi connectivity index (χ0) is 20.2. The minimum atomic E-state index is -0.273. The highest BCUT2D eigenvalue weighted by atomic mass is 16.5. The number of hydrogen-bond donors (Lipinski definition) is 0. The molecule has 8 heteroatoms. The Morgan fingerprint density at radius 1 is 1.28 bits per heavy atom. The zero-order valence-corrected chi connectivity index (χ0v) is 16.4. The topological polar surface area (TPSA) is 90.5 Å². The van der Waals surface area contributed by atoms with E-state index in [4.69, 9.17) is 9.15 Å². The third-order valence-corrected chi connectivity index (χ3v) is 5.20. The lowest BCUT2D eigenvalue weighted by Gasteiger charge is -2.34. The minimum absolute atomic E-state index is 0.159.